The standard InChI is InChI=1S/C18H18F3N3O3S/c1-12(2)28(26)16(13-6-4-3-5-7-13)23-24(17(22)25)14-8-10-15(11-9-14)27-18(19,20)21/h3-12H,1-2H3,(H2,22,25)/b23-16+. The van der Waals surface area contributed by atoms with Crippen molar-refractivity contribution in [1.29, 1.82) is 0 Å². The number of halogens is 3. The number of benzene rings is 2. The molecule has 0 aromatic heterocycles. The van der Waals surface area contributed by atoms with Gasteiger partial charge in [0.05, 0.1) is 16.5 Å². The first-order valence-corrected chi connectivity index (χ1v) is 9.30. The van der Waals surface area contributed by atoms with E-state index in [4.69, 9.17) is 5.73 Å². The maximum atomic E-state index is 12.7. The third kappa shape index (κ3) is 5.81. The summed E-state index contributed by atoms with van der Waals surface area (Å²) < 4.78 is 53.4. The fourth-order valence-corrected chi connectivity index (χ4v) is 3.11. The van der Waals surface area contributed by atoms with E-state index in [0.717, 1.165) is 17.1 Å². The van der Waals surface area contributed by atoms with Gasteiger partial charge in [-0.2, -0.15) is 10.1 Å². The molecule has 0 heterocycles. The Bertz CT molecular complexity index is 869. The van der Waals surface area contributed by atoms with Crippen LogP contribution in [0.15, 0.2) is 59.7 Å². The van der Waals surface area contributed by atoms with Crippen molar-refractivity contribution < 1.29 is 26.9 Å². The zero-order valence-electron chi connectivity index (χ0n) is 15.0. The third-order valence-electron chi connectivity index (χ3n) is 3.35. The van der Waals surface area contributed by atoms with Gasteiger partial charge in [0.25, 0.3) is 0 Å². The fourth-order valence-electron chi connectivity index (χ4n) is 2.13. The van der Waals surface area contributed by atoms with Crippen molar-refractivity contribution in [3.8, 4) is 5.75 Å². The van der Waals surface area contributed by atoms with Crippen LogP contribution in [0.2, 0.25) is 0 Å². The van der Waals surface area contributed by atoms with E-state index in [1.807, 2.05) is 0 Å². The molecule has 1 atom stereocenters. The van der Waals surface area contributed by atoms with E-state index in [-0.39, 0.29) is 16.0 Å². The van der Waals surface area contributed by atoms with Crippen LogP contribution in [0.1, 0.15) is 19.4 Å². The molecule has 0 saturated carbocycles. The second-order valence-electron chi connectivity index (χ2n) is 5.81. The summed E-state index contributed by atoms with van der Waals surface area (Å²) in [5, 5.41) is 4.75. The number of ether oxygens (including phenoxy) is 1. The number of hydrogen-bond acceptors (Lipinski definition) is 4. The van der Waals surface area contributed by atoms with Crippen molar-refractivity contribution in [1.82, 2.24) is 0 Å². The summed E-state index contributed by atoms with van der Waals surface area (Å²) in [6.07, 6.45) is -4.84. The molecule has 28 heavy (non-hydrogen) atoms. The van der Waals surface area contributed by atoms with Crippen LogP contribution in [0.25, 0.3) is 0 Å². The van der Waals surface area contributed by atoms with Gasteiger partial charge in [0.15, 0.2) is 5.04 Å². The number of carbonyl (C=O) groups excluding carboxylic acids is 1. The highest BCUT2D eigenvalue weighted by Crippen LogP contribution is 2.26. The summed E-state index contributed by atoms with van der Waals surface area (Å²) >= 11 is 0. The van der Waals surface area contributed by atoms with E-state index in [1.54, 1.807) is 44.2 Å². The molecular formula is C18H18F3N3O3S. The van der Waals surface area contributed by atoms with Crippen LogP contribution in [0.4, 0.5) is 23.7 Å². The van der Waals surface area contributed by atoms with Crippen molar-refractivity contribution in [2.45, 2.75) is 25.5 Å². The van der Waals surface area contributed by atoms with Crippen molar-refractivity contribution in [2.24, 2.45) is 10.8 Å². The Kier molecular flexibility index (Phi) is 6.79. The molecule has 0 spiro atoms. The summed E-state index contributed by atoms with van der Waals surface area (Å²) in [6, 6.07) is 12.0. The minimum absolute atomic E-state index is 0.0937. The highest BCUT2D eigenvalue weighted by atomic mass is 32.2. The van der Waals surface area contributed by atoms with Gasteiger partial charge in [-0.1, -0.05) is 44.2 Å². The molecule has 2 aromatic carbocycles. The van der Waals surface area contributed by atoms with E-state index in [9.17, 15) is 22.2 Å². The largest absolute Gasteiger partial charge is 0.573 e. The van der Waals surface area contributed by atoms with E-state index < -0.39 is 28.9 Å². The highest BCUT2D eigenvalue weighted by molar-refractivity contribution is 8.01. The molecule has 10 heteroatoms. The zero-order valence-corrected chi connectivity index (χ0v) is 15.8. The third-order valence-corrected chi connectivity index (χ3v) is 4.91. The SMILES string of the molecule is CC(C)S(=O)/C(=N/N(C(N)=O)c1ccc(OC(F)(F)F)cc1)c1ccccc1. The number of nitrogens with two attached hydrogens (primary N) is 1. The first kappa shape index (κ1) is 21.4. The Morgan fingerprint density at radius 3 is 2.14 bits per heavy atom. The van der Waals surface area contributed by atoms with Crippen LogP contribution in [0, 0.1) is 0 Å². The number of anilines is 1. The van der Waals surface area contributed by atoms with Gasteiger partial charge in [-0.25, -0.2) is 4.79 Å². The van der Waals surface area contributed by atoms with E-state index >= 15 is 0 Å². The maximum absolute atomic E-state index is 12.7. The molecule has 0 aliphatic heterocycles. The molecule has 1 unspecified atom stereocenters. The summed E-state index contributed by atoms with van der Waals surface area (Å²) in [4.78, 5) is 11.9. The number of carbonyl (C=O) groups is 1. The minimum atomic E-state index is -4.84. The topological polar surface area (TPSA) is 85.0 Å². The first-order chi connectivity index (χ1) is 13.1. The second-order valence-corrected chi connectivity index (χ2v) is 7.73. The monoisotopic (exact) mass is 413 g/mol. The maximum Gasteiger partial charge on any atom is 0.573 e. The van der Waals surface area contributed by atoms with Gasteiger partial charge in [-0.3, -0.25) is 4.21 Å². The van der Waals surface area contributed by atoms with E-state index in [0.29, 0.717) is 5.56 Å². The molecule has 0 fully saturated rings. The second kappa shape index (κ2) is 8.87. The molecule has 0 bridgehead atoms. The molecule has 2 rings (SSSR count). The molecular weight excluding hydrogens is 395 g/mol. The minimum Gasteiger partial charge on any atom is -0.406 e. The van der Waals surface area contributed by atoms with Crippen molar-refractivity contribution in [2.75, 3.05) is 5.01 Å². The molecule has 0 aliphatic carbocycles. The molecule has 2 N–H and O–H groups in total. The Morgan fingerprint density at radius 2 is 1.68 bits per heavy atom. The Labute approximate surface area is 162 Å². The fraction of sp³-hybridized carbons (Fsp3) is 0.222. The average molecular weight is 413 g/mol. The number of nitrogens with zero attached hydrogens (tertiary/aromatic N) is 2. The Balaban J connectivity index is 2.45. The average Bonchev–Trinajstić information content (AvgIpc) is 2.62. The Morgan fingerprint density at radius 1 is 1.11 bits per heavy atom. The smallest absolute Gasteiger partial charge is 0.406 e. The summed E-state index contributed by atoms with van der Waals surface area (Å²) in [5.41, 5.74) is 6.00. The molecule has 150 valence electrons. The van der Waals surface area contributed by atoms with Gasteiger partial charge in [0.1, 0.15) is 5.75 Å². The molecule has 0 saturated heterocycles. The number of alkyl halides is 3. The predicted molar refractivity (Wildman–Crippen MR) is 101 cm³/mol. The molecule has 6 nitrogen and oxygen atoms in total. The van der Waals surface area contributed by atoms with Gasteiger partial charge in [-0.05, 0) is 24.3 Å². The quantitative estimate of drug-likeness (QED) is 0.457. The van der Waals surface area contributed by atoms with Crippen molar-refractivity contribution in [3.05, 3.63) is 60.2 Å². The summed E-state index contributed by atoms with van der Waals surface area (Å²) in [7, 11) is -1.56. The van der Waals surface area contributed by atoms with Crippen LogP contribution in [-0.2, 0) is 10.8 Å². The summed E-state index contributed by atoms with van der Waals surface area (Å²) in [6.45, 7) is 3.46. The first-order valence-electron chi connectivity index (χ1n) is 8.08. The van der Waals surface area contributed by atoms with Crippen molar-refractivity contribution >= 4 is 27.6 Å². The van der Waals surface area contributed by atoms with Gasteiger partial charge in [-0.15, -0.1) is 13.2 Å². The van der Waals surface area contributed by atoms with Crippen LogP contribution in [0.5, 0.6) is 5.75 Å². The molecule has 2 aromatic rings. The number of amides is 2. The van der Waals surface area contributed by atoms with Gasteiger partial charge in [0.2, 0.25) is 0 Å². The lowest BCUT2D eigenvalue weighted by molar-refractivity contribution is -0.274. The lowest BCUT2D eigenvalue weighted by atomic mass is 10.2. The molecule has 0 aliphatic rings. The predicted octanol–water partition coefficient (Wildman–Crippen LogP) is 3.99. The number of hydrazone groups is 1. The normalized spacial score (nSPS) is 13.3. The Hall–Kier alpha value is -2.88. The zero-order chi connectivity index (χ0) is 20.9. The van der Waals surface area contributed by atoms with Crippen LogP contribution in [-0.4, -0.2) is 26.9 Å². The number of primary amides is 1. The van der Waals surface area contributed by atoms with E-state index in [2.05, 4.69) is 9.84 Å². The van der Waals surface area contributed by atoms with Crippen molar-refractivity contribution in [3.63, 3.8) is 0 Å². The molecule has 0 radical (unpaired) electrons. The van der Waals surface area contributed by atoms with Gasteiger partial charge in [0, 0.05) is 10.8 Å². The number of hydrogen-bond donors (Lipinski definition) is 1. The number of urea groups is 1. The highest BCUT2D eigenvalue weighted by Gasteiger charge is 2.31. The van der Waals surface area contributed by atoms with Crippen LogP contribution in [0.3, 0.4) is 0 Å². The lowest BCUT2D eigenvalue weighted by Gasteiger charge is -2.18. The number of rotatable bonds is 5. The van der Waals surface area contributed by atoms with Crippen LogP contribution >= 0.6 is 0 Å². The van der Waals surface area contributed by atoms with Gasteiger partial charge < -0.3 is 10.5 Å². The molecule has 2 amide bonds. The summed E-state index contributed by atoms with van der Waals surface area (Å²) in [5.74, 6) is -0.460. The van der Waals surface area contributed by atoms with Gasteiger partial charge >= 0.3 is 12.4 Å². The van der Waals surface area contributed by atoms with E-state index in [1.165, 1.54) is 12.1 Å². The van der Waals surface area contributed by atoms with Crippen LogP contribution < -0.4 is 15.5 Å². The lowest BCUT2D eigenvalue weighted by Crippen LogP contribution is -2.33.